The Morgan fingerprint density at radius 3 is 2.70 bits per heavy atom. The molecule has 2 aromatic rings. The fraction of sp³-hybridized carbons (Fsp3) is 0.375. The fourth-order valence-electron chi connectivity index (χ4n) is 2.38. The van der Waals surface area contributed by atoms with Gasteiger partial charge in [-0.25, -0.2) is 0 Å². The van der Waals surface area contributed by atoms with Crippen LogP contribution in [0.2, 0.25) is 0 Å². The Hall–Kier alpha value is -2.10. The van der Waals surface area contributed by atoms with Crippen molar-refractivity contribution >= 4 is 5.69 Å². The monoisotopic (exact) mass is 273 g/mol. The van der Waals surface area contributed by atoms with Gasteiger partial charge in [-0.05, 0) is 31.2 Å². The molecule has 0 aliphatic carbocycles. The van der Waals surface area contributed by atoms with Gasteiger partial charge in [0.2, 0.25) is 5.79 Å². The minimum Gasteiger partial charge on any atom is -0.469 e. The van der Waals surface area contributed by atoms with Crippen LogP contribution in [0, 0.1) is 0 Å². The zero-order chi connectivity index (χ0) is 14.2. The van der Waals surface area contributed by atoms with Crippen LogP contribution in [0.1, 0.15) is 26.5 Å². The van der Waals surface area contributed by atoms with E-state index >= 15 is 0 Å². The van der Waals surface area contributed by atoms with Gasteiger partial charge in [0.05, 0.1) is 6.26 Å². The Balaban J connectivity index is 1.67. The summed E-state index contributed by atoms with van der Waals surface area (Å²) in [7, 11) is 0. The maximum atomic E-state index is 5.74. The van der Waals surface area contributed by atoms with Crippen molar-refractivity contribution in [3.8, 4) is 11.5 Å². The molecule has 1 aliphatic heterocycles. The summed E-state index contributed by atoms with van der Waals surface area (Å²) in [4.78, 5) is 0. The van der Waals surface area contributed by atoms with Crippen molar-refractivity contribution in [1.29, 1.82) is 0 Å². The summed E-state index contributed by atoms with van der Waals surface area (Å²) < 4.78 is 16.8. The van der Waals surface area contributed by atoms with Crippen LogP contribution in [0.15, 0.2) is 41.0 Å². The van der Waals surface area contributed by atoms with Crippen LogP contribution in [-0.2, 0) is 6.42 Å². The molecule has 0 saturated heterocycles. The first-order valence-electron chi connectivity index (χ1n) is 6.83. The molecule has 0 saturated carbocycles. The summed E-state index contributed by atoms with van der Waals surface area (Å²) in [6.07, 6.45) is 2.54. The molecular formula is C16H19NO3. The smallest absolute Gasteiger partial charge is 0.246 e. The lowest BCUT2D eigenvalue weighted by atomic mass is 10.2. The fourth-order valence-corrected chi connectivity index (χ4v) is 2.38. The third-order valence-corrected chi connectivity index (χ3v) is 3.16. The molecule has 0 radical (unpaired) electrons. The lowest BCUT2D eigenvalue weighted by Crippen LogP contribution is -2.29. The van der Waals surface area contributed by atoms with Crippen molar-refractivity contribution in [2.24, 2.45) is 0 Å². The molecule has 4 nitrogen and oxygen atoms in total. The predicted molar refractivity (Wildman–Crippen MR) is 77.3 cm³/mol. The first-order chi connectivity index (χ1) is 9.52. The second kappa shape index (κ2) is 4.78. The first-order valence-corrected chi connectivity index (χ1v) is 6.83. The summed E-state index contributed by atoms with van der Waals surface area (Å²) in [6, 6.07) is 10.1. The molecule has 0 amide bonds. The Labute approximate surface area is 118 Å². The molecule has 1 N–H and O–H groups in total. The lowest BCUT2D eigenvalue weighted by Gasteiger charge is -2.16. The second-order valence-corrected chi connectivity index (χ2v) is 5.59. The highest BCUT2D eigenvalue weighted by Crippen LogP contribution is 2.40. The standard InChI is InChI=1S/C16H19NO3/c1-11(9-13-5-4-8-18-13)17-12-6-7-14-15(10-12)20-16(2,3)19-14/h4-8,10-11,17H,9H2,1-3H3. The molecule has 1 aliphatic rings. The van der Waals surface area contributed by atoms with Gasteiger partial charge in [0.25, 0.3) is 0 Å². The van der Waals surface area contributed by atoms with Crippen LogP contribution in [0.3, 0.4) is 0 Å². The maximum absolute atomic E-state index is 5.74. The molecule has 20 heavy (non-hydrogen) atoms. The van der Waals surface area contributed by atoms with E-state index in [1.165, 1.54) is 0 Å². The second-order valence-electron chi connectivity index (χ2n) is 5.59. The van der Waals surface area contributed by atoms with Crippen molar-refractivity contribution < 1.29 is 13.9 Å². The molecule has 106 valence electrons. The number of nitrogens with one attached hydrogen (secondary N) is 1. The molecule has 1 aromatic heterocycles. The molecule has 1 atom stereocenters. The van der Waals surface area contributed by atoms with Gasteiger partial charge in [-0.3, -0.25) is 0 Å². The van der Waals surface area contributed by atoms with Crippen LogP contribution in [0.25, 0.3) is 0 Å². The van der Waals surface area contributed by atoms with Gasteiger partial charge < -0.3 is 19.2 Å². The number of hydrogen-bond acceptors (Lipinski definition) is 4. The molecule has 0 fully saturated rings. The highest BCUT2D eigenvalue weighted by atomic mass is 16.7. The van der Waals surface area contributed by atoms with E-state index in [1.54, 1.807) is 6.26 Å². The molecule has 1 aromatic carbocycles. The Morgan fingerprint density at radius 1 is 1.15 bits per heavy atom. The van der Waals surface area contributed by atoms with Gasteiger partial charge in [0, 0.05) is 38.1 Å². The average molecular weight is 273 g/mol. The van der Waals surface area contributed by atoms with Gasteiger partial charge in [0.15, 0.2) is 11.5 Å². The van der Waals surface area contributed by atoms with E-state index in [-0.39, 0.29) is 6.04 Å². The molecule has 1 unspecified atom stereocenters. The maximum Gasteiger partial charge on any atom is 0.246 e. The van der Waals surface area contributed by atoms with Crippen LogP contribution in [0.5, 0.6) is 11.5 Å². The normalized spacial score (nSPS) is 16.9. The minimum absolute atomic E-state index is 0.273. The number of rotatable bonds is 4. The van der Waals surface area contributed by atoms with Gasteiger partial charge in [0.1, 0.15) is 5.76 Å². The number of furan rings is 1. The number of benzene rings is 1. The Morgan fingerprint density at radius 2 is 1.95 bits per heavy atom. The van der Waals surface area contributed by atoms with E-state index in [9.17, 15) is 0 Å². The van der Waals surface area contributed by atoms with Crippen molar-refractivity contribution in [1.82, 2.24) is 0 Å². The third-order valence-electron chi connectivity index (χ3n) is 3.16. The Bertz CT molecular complexity index is 590. The van der Waals surface area contributed by atoms with E-state index in [0.29, 0.717) is 0 Å². The number of anilines is 1. The van der Waals surface area contributed by atoms with E-state index in [1.807, 2.05) is 44.2 Å². The average Bonchev–Trinajstić information content (AvgIpc) is 2.94. The van der Waals surface area contributed by atoms with Crippen LogP contribution < -0.4 is 14.8 Å². The van der Waals surface area contributed by atoms with Gasteiger partial charge in [-0.15, -0.1) is 0 Å². The van der Waals surface area contributed by atoms with Crippen molar-refractivity contribution in [3.63, 3.8) is 0 Å². The lowest BCUT2D eigenvalue weighted by molar-refractivity contribution is -0.0431. The number of ether oxygens (including phenoxy) is 2. The van der Waals surface area contributed by atoms with Gasteiger partial charge in [-0.1, -0.05) is 0 Å². The molecule has 3 rings (SSSR count). The van der Waals surface area contributed by atoms with Crippen molar-refractivity contribution in [3.05, 3.63) is 42.4 Å². The van der Waals surface area contributed by atoms with Crippen LogP contribution in [0.4, 0.5) is 5.69 Å². The number of fused-ring (bicyclic) bond motifs is 1. The third kappa shape index (κ3) is 2.74. The highest BCUT2D eigenvalue weighted by Gasteiger charge is 2.31. The van der Waals surface area contributed by atoms with E-state index in [2.05, 4.69) is 12.2 Å². The Kier molecular flexibility index (Phi) is 3.08. The first kappa shape index (κ1) is 12.9. The van der Waals surface area contributed by atoms with Crippen molar-refractivity contribution in [2.75, 3.05) is 5.32 Å². The van der Waals surface area contributed by atoms with Crippen molar-refractivity contribution in [2.45, 2.75) is 39.0 Å². The van der Waals surface area contributed by atoms with Gasteiger partial charge >= 0.3 is 0 Å². The van der Waals surface area contributed by atoms with Crippen LogP contribution >= 0.6 is 0 Å². The summed E-state index contributed by atoms with van der Waals surface area (Å²) >= 11 is 0. The largest absolute Gasteiger partial charge is 0.469 e. The van der Waals surface area contributed by atoms with Crippen LogP contribution in [-0.4, -0.2) is 11.8 Å². The zero-order valence-corrected chi connectivity index (χ0v) is 12.0. The minimum atomic E-state index is -0.583. The molecule has 0 spiro atoms. The van der Waals surface area contributed by atoms with E-state index in [0.717, 1.165) is 29.4 Å². The van der Waals surface area contributed by atoms with E-state index in [4.69, 9.17) is 13.9 Å². The quantitative estimate of drug-likeness (QED) is 0.919. The zero-order valence-electron chi connectivity index (χ0n) is 12.0. The summed E-state index contributed by atoms with van der Waals surface area (Å²) in [5.74, 6) is 1.97. The molecule has 2 heterocycles. The molecule has 4 heteroatoms. The predicted octanol–water partition coefficient (Wildman–Crippen LogP) is 3.83. The topological polar surface area (TPSA) is 43.6 Å². The van der Waals surface area contributed by atoms with Gasteiger partial charge in [-0.2, -0.15) is 0 Å². The van der Waals surface area contributed by atoms with E-state index < -0.39 is 5.79 Å². The summed E-state index contributed by atoms with van der Waals surface area (Å²) in [6.45, 7) is 5.93. The summed E-state index contributed by atoms with van der Waals surface area (Å²) in [5, 5.41) is 3.44. The molecular weight excluding hydrogens is 254 g/mol. The SMILES string of the molecule is CC(Cc1ccco1)Nc1ccc2c(c1)OC(C)(C)O2. The summed E-state index contributed by atoms with van der Waals surface area (Å²) in [5.41, 5.74) is 1.02. The number of hydrogen-bond donors (Lipinski definition) is 1. The molecule has 0 bridgehead atoms. The highest BCUT2D eigenvalue weighted by molar-refractivity contribution is 5.56.